The summed E-state index contributed by atoms with van der Waals surface area (Å²) in [6.45, 7) is 5.43. The molecule has 0 saturated carbocycles. The molecular weight excluding hydrogens is 238 g/mol. The van der Waals surface area contributed by atoms with Crippen LogP contribution in [0.3, 0.4) is 0 Å². The van der Waals surface area contributed by atoms with E-state index in [9.17, 15) is 4.79 Å². The normalized spacial score (nSPS) is 9.74. The van der Waals surface area contributed by atoms with Crippen LogP contribution in [0.15, 0.2) is 61.2 Å². The lowest BCUT2D eigenvalue weighted by atomic mass is 10.2. The topological polar surface area (TPSA) is 38.3 Å². The maximum Gasteiger partial charge on any atom is 0.247 e. The lowest BCUT2D eigenvalue weighted by Gasteiger charge is -2.07. The lowest BCUT2D eigenvalue weighted by Crippen LogP contribution is -2.06. The van der Waals surface area contributed by atoms with Gasteiger partial charge < -0.3 is 10.1 Å². The number of carbonyl (C=O) groups excluding carboxylic acids is 1. The van der Waals surface area contributed by atoms with Crippen molar-refractivity contribution in [2.45, 2.75) is 6.92 Å². The maximum atomic E-state index is 11.1. The highest BCUT2D eigenvalue weighted by Crippen LogP contribution is 2.23. The number of amides is 1. The van der Waals surface area contributed by atoms with Crippen molar-refractivity contribution in [3.63, 3.8) is 0 Å². The molecule has 19 heavy (non-hydrogen) atoms. The third kappa shape index (κ3) is 3.71. The van der Waals surface area contributed by atoms with Gasteiger partial charge in [-0.25, -0.2) is 0 Å². The van der Waals surface area contributed by atoms with Crippen molar-refractivity contribution in [1.82, 2.24) is 0 Å². The highest BCUT2D eigenvalue weighted by molar-refractivity contribution is 5.98. The fraction of sp³-hybridized carbons (Fsp3) is 0.0625. The quantitative estimate of drug-likeness (QED) is 0.839. The van der Waals surface area contributed by atoms with Gasteiger partial charge in [0.2, 0.25) is 5.91 Å². The summed E-state index contributed by atoms with van der Waals surface area (Å²) in [5.74, 6) is 1.28. The number of rotatable bonds is 4. The molecule has 96 valence electrons. The monoisotopic (exact) mass is 253 g/mol. The van der Waals surface area contributed by atoms with Crippen molar-refractivity contribution in [3.8, 4) is 11.5 Å². The molecule has 2 rings (SSSR count). The molecule has 0 unspecified atom stereocenters. The maximum absolute atomic E-state index is 11.1. The van der Waals surface area contributed by atoms with Crippen molar-refractivity contribution in [2.75, 3.05) is 5.32 Å². The Morgan fingerprint density at radius 2 is 1.58 bits per heavy atom. The Morgan fingerprint density at radius 3 is 2.11 bits per heavy atom. The molecular formula is C16H15NO2. The Kier molecular flexibility index (Phi) is 3.98. The molecule has 0 atom stereocenters. The van der Waals surface area contributed by atoms with Crippen molar-refractivity contribution in [2.24, 2.45) is 0 Å². The SMILES string of the molecule is C=CC(=O)Nc1ccc(Oc2ccc(C)cc2)cc1. The summed E-state index contributed by atoms with van der Waals surface area (Å²) in [5.41, 5.74) is 1.90. The third-order valence-electron chi connectivity index (χ3n) is 2.56. The van der Waals surface area contributed by atoms with Crippen LogP contribution >= 0.6 is 0 Å². The second-order valence-electron chi connectivity index (χ2n) is 4.13. The van der Waals surface area contributed by atoms with Gasteiger partial charge in [0.05, 0.1) is 0 Å². The molecule has 3 heteroatoms. The van der Waals surface area contributed by atoms with Gasteiger partial charge in [0.25, 0.3) is 0 Å². The number of aryl methyl sites for hydroxylation is 1. The molecule has 2 aromatic carbocycles. The summed E-state index contributed by atoms with van der Waals surface area (Å²) >= 11 is 0. The molecule has 0 bridgehead atoms. The van der Waals surface area contributed by atoms with Crippen LogP contribution in [-0.4, -0.2) is 5.91 Å². The summed E-state index contributed by atoms with van der Waals surface area (Å²) in [5, 5.41) is 2.68. The van der Waals surface area contributed by atoms with Gasteiger partial charge in [0.15, 0.2) is 0 Å². The van der Waals surface area contributed by atoms with Gasteiger partial charge in [-0.15, -0.1) is 0 Å². The van der Waals surface area contributed by atoms with Gasteiger partial charge in [-0.3, -0.25) is 4.79 Å². The van der Waals surface area contributed by atoms with Crippen LogP contribution < -0.4 is 10.1 Å². The van der Waals surface area contributed by atoms with E-state index < -0.39 is 0 Å². The number of carbonyl (C=O) groups is 1. The molecule has 1 N–H and O–H groups in total. The van der Waals surface area contributed by atoms with E-state index in [1.165, 1.54) is 11.6 Å². The van der Waals surface area contributed by atoms with E-state index in [2.05, 4.69) is 11.9 Å². The summed E-state index contributed by atoms with van der Waals surface area (Å²) in [4.78, 5) is 11.1. The molecule has 0 heterocycles. The Balaban J connectivity index is 2.04. The van der Waals surface area contributed by atoms with Crippen molar-refractivity contribution in [3.05, 3.63) is 66.7 Å². The number of nitrogens with one attached hydrogen (secondary N) is 1. The van der Waals surface area contributed by atoms with Crippen LogP contribution in [0.25, 0.3) is 0 Å². The number of hydrogen-bond donors (Lipinski definition) is 1. The number of ether oxygens (including phenoxy) is 1. The smallest absolute Gasteiger partial charge is 0.247 e. The largest absolute Gasteiger partial charge is 0.457 e. The van der Waals surface area contributed by atoms with Crippen LogP contribution in [0.4, 0.5) is 5.69 Å². The molecule has 1 amide bonds. The minimum absolute atomic E-state index is 0.229. The van der Waals surface area contributed by atoms with E-state index in [0.29, 0.717) is 5.69 Å². The van der Waals surface area contributed by atoms with Gasteiger partial charge >= 0.3 is 0 Å². The van der Waals surface area contributed by atoms with E-state index in [1.807, 2.05) is 31.2 Å². The molecule has 2 aromatic rings. The summed E-state index contributed by atoms with van der Waals surface area (Å²) in [6, 6.07) is 15.0. The van der Waals surface area contributed by atoms with Crippen molar-refractivity contribution in [1.29, 1.82) is 0 Å². The van der Waals surface area contributed by atoms with E-state index in [4.69, 9.17) is 4.74 Å². The fourth-order valence-corrected chi connectivity index (χ4v) is 1.54. The minimum Gasteiger partial charge on any atom is -0.457 e. The second-order valence-corrected chi connectivity index (χ2v) is 4.13. The van der Waals surface area contributed by atoms with Gasteiger partial charge in [-0.1, -0.05) is 24.3 Å². The van der Waals surface area contributed by atoms with Gasteiger partial charge in [-0.05, 0) is 49.4 Å². The second kappa shape index (κ2) is 5.87. The Labute approximate surface area is 112 Å². The summed E-state index contributed by atoms with van der Waals surface area (Å²) in [6.07, 6.45) is 1.23. The van der Waals surface area contributed by atoms with E-state index in [0.717, 1.165) is 11.5 Å². The Morgan fingerprint density at radius 1 is 1.05 bits per heavy atom. The Hall–Kier alpha value is -2.55. The molecule has 0 spiro atoms. The van der Waals surface area contributed by atoms with Gasteiger partial charge in [-0.2, -0.15) is 0 Å². The van der Waals surface area contributed by atoms with Gasteiger partial charge in [0, 0.05) is 5.69 Å². The number of anilines is 1. The highest BCUT2D eigenvalue weighted by Gasteiger charge is 1.99. The van der Waals surface area contributed by atoms with Crippen LogP contribution in [0, 0.1) is 6.92 Å². The predicted octanol–water partition coefficient (Wildman–Crippen LogP) is 3.91. The molecule has 0 fully saturated rings. The predicted molar refractivity (Wildman–Crippen MR) is 76.5 cm³/mol. The third-order valence-corrected chi connectivity index (χ3v) is 2.56. The summed E-state index contributed by atoms with van der Waals surface area (Å²) < 4.78 is 5.69. The van der Waals surface area contributed by atoms with E-state index >= 15 is 0 Å². The standard InChI is InChI=1S/C16H15NO2/c1-3-16(18)17-13-6-10-15(11-7-13)19-14-8-4-12(2)5-9-14/h3-11H,1H2,2H3,(H,17,18). The Bertz CT molecular complexity index is 571. The van der Waals surface area contributed by atoms with Crippen LogP contribution in [-0.2, 0) is 4.79 Å². The fourth-order valence-electron chi connectivity index (χ4n) is 1.54. The molecule has 0 aliphatic rings. The van der Waals surface area contributed by atoms with Crippen LogP contribution in [0.2, 0.25) is 0 Å². The first kappa shape index (κ1) is 12.9. The average Bonchev–Trinajstić information content (AvgIpc) is 2.43. The zero-order valence-electron chi connectivity index (χ0n) is 10.7. The molecule has 0 aromatic heterocycles. The number of hydrogen-bond acceptors (Lipinski definition) is 2. The molecule has 0 aliphatic carbocycles. The minimum atomic E-state index is -0.229. The van der Waals surface area contributed by atoms with Crippen molar-refractivity contribution >= 4 is 11.6 Å². The first-order valence-electron chi connectivity index (χ1n) is 5.95. The lowest BCUT2D eigenvalue weighted by molar-refractivity contribution is -0.111. The van der Waals surface area contributed by atoms with Gasteiger partial charge in [0.1, 0.15) is 11.5 Å². The van der Waals surface area contributed by atoms with Crippen LogP contribution in [0.1, 0.15) is 5.56 Å². The molecule has 3 nitrogen and oxygen atoms in total. The first-order valence-corrected chi connectivity index (χ1v) is 5.95. The van der Waals surface area contributed by atoms with Crippen molar-refractivity contribution < 1.29 is 9.53 Å². The zero-order valence-corrected chi connectivity index (χ0v) is 10.7. The molecule has 0 radical (unpaired) electrons. The van der Waals surface area contributed by atoms with E-state index in [1.54, 1.807) is 24.3 Å². The summed E-state index contributed by atoms with van der Waals surface area (Å²) in [7, 11) is 0. The molecule has 0 saturated heterocycles. The first-order chi connectivity index (χ1) is 9.17. The average molecular weight is 253 g/mol. The highest BCUT2D eigenvalue weighted by atomic mass is 16.5. The zero-order chi connectivity index (χ0) is 13.7. The molecule has 0 aliphatic heterocycles. The van der Waals surface area contributed by atoms with Crippen LogP contribution in [0.5, 0.6) is 11.5 Å². The number of benzene rings is 2. The van der Waals surface area contributed by atoms with E-state index in [-0.39, 0.29) is 5.91 Å².